The number of methoxy groups -OCH3 is 2. The lowest BCUT2D eigenvalue weighted by Crippen LogP contribution is -2.09. The molecule has 1 amide bonds. The highest BCUT2D eigenvalue weighted by molar-refractivity contribution is 8.00. The summed E-state index contributed by atoms with van der Waals surface area (Å²) in [6, 6.07) is 11.6. The molecule has 0 radical (unpaired) electrons. The van der Waals surface area contributed by atoms with Gasteiger partial charge in [-0.25, -0.2) is 4.40 Å². The highest BCUT2D eigenvalue weighted by Gasteiger charge is 2.14. The summed E-state index contributed by atoms with van der Waals surface area (Å²) in [6.45, 7) is 0.967. The third kappa shape index (κ3) is 4.56. The Hall–Kier alpha value is -3.73. The third-order valence-corrected chi connectivity index (χ3v) is 5.32. The SMILES string of the molecule is COc1ccccc1SNc1nnc2cc(Cn3cc(CNC=O)cn3)cc(OC)n12. The number of pyridine rings is 1. The van der Waals surface area contributed by atoms with Crippen LogP contribution in [0.15, 0.2) is 53.7 Å². The smallest absolute Gasteiger partial charge is 0.242 e. The van der Waals surface area contributed by atoms with Gasteiger partial charge in [-0.15, -0.1) is 10.2 Å². The summed E-state index contributed by atoms with van der Waals surface area (Å²) in [5.74, 6) is 1.90. The summed E-state index contributed by atoms with van der Waals surface area (Å²) >= 11 is 1.38. The molecule has 0 aliphatic carbocycles. The van der Waals surface area contributed by atoms with Gasteiger partial charge in [-0.3, -0.25) is 14.2 Å². The number of ether oxygens (including phenoxy) is 2. The van der Waals surface area contributed by atoms with Gasteiger partial charge in [0, 0.05) is 24.4 Å². The fourth-order valence-electron chi connectivity index (χ4n) is 3.08. The Morgan fingerprint density at radius 3 is 2.81 bits per heavy atom. The van der Waals surface area contributed by atoms with Crippen LogP contribution in [0.2, 0.25) is 0 Å². The first-order valence-corrected chi connectivity index (χ1v) is 10.2. The Labute approximate surface area is 182 Å². The first kappa shape index (κ1) is 20.5. The third-order valence-electron chi connectivity index (χ3n) is 4.48. The van der Waals surface area contributed by atoms with Gasteiger partial charge < -0.3 is 14.8 Å². The van der Waals surface area contributed by atoms with Gasteiger partial charge in [0.25, 0.3) is 0 Å². The van der Waals surface area contributed by atoms with Crippen molar-refractivity contribution < 1.29 is 14.3 Å². The van der Waals surface area contributed by atoms with E-state index in [2.05, 4.69) is 25.3 Å². The number of nitrogens with one attached hydrogen (secondary N) is 2. The lowest BCUT2D eigenvalue weighted by molar-refractivity contribution is -0.109. The Balaban J connectivity index is 1.55. The minimum Gasteiger partial charge on any atom is -0.496 e. The van der Waals surface area contributed by atoms with Crippen LogP contribution in [0.4, 0.5) is 5.95 Å². The quantitative estimate of drug-likeness (QED) is 0.286. The fraction of sp³-hybridized carbons (Fsp3) is 0.200. The van der Waals surface area contributed by atoms with Gasteiger partial charge in [-0.05, 0) is 35.7 Å². The van der Waals surface area contributed by atoms with E-state index in [1.165, 1.54) is 11.9 Å². The summed E-state index contributed by atoms with van der Waals surface area (Å²) in [4.78, 5) is 11.4. The zero-order valence-electron chi connectivity index (χ0n) is 17.0. The largest absolute Gasteiger partial charge is 0.496 e. The van der Waals surface area contributed by atoms with Crippen molar-refractivity contribution in [1.82, 2.24) is 29.7 Å². The van der Waals surface area contributed by atoms with Crippen LogP contribution >= 0.6 is 11.9 Å². The lowest BCUT2D eigenvalue weighted by atomic mass is 10.2. The van der Waals surface area contributed by atoms with E-state index in [9.17, 15) is 4.79 Å². The first-order valence-electron chi connectivity index (χ1n) is 9.38. The minimum atomic E-state index is 0.439. The molecule has 0 spiro atoms. The molecule has 160 valence electrons. The van der Waals surface area contributed by atoms with Crippen LogP contribution in [0.3, 0.4) is 0 Å². The maximum Gasteiger partial charge on any atom is 0.242 e. The van der Waals surface area contributed by atoms with Crippen LogP contribution in [0, 0.1) is 0 Å². The molecule has 0 atom stereocenters. The summed E-state index contributed by atoms with van der Waals surface area (Å²) in [5.41, 5.74) is 2.52. The monoisotopic (exact) mass is 439 g/mol. The number of carbonyl (C=O) groups excluding carboxylic acids is 1. The summed E-state index contributed by atoms with van der Waals surface area (Å²) in [6.07, 6.45) is 4.27. The van der Waals surface area contributed by atoms with E-state index in [0.717, 1.165) is 21.8 Å². The van der Waals surface area contributed by atoms with Crippen molar-refractivity contribution in [2.24, 2.45) is 0 Å². The van der Waals surface area contributed by atoms with Gasteiger partial charge in [-0.2, -0.15) is 5.10 Å². The molecule has 0 aliphatic rings. The molecule has 0 unspecified atom stereocenters. The van der Waals surface area contributed by atoms with Crippen molar-refractivity contribution in [2.45, 2.75) is 18.0 Å². The number of anilines is 1. The van der Waals surface area contributed by atoms with Gasteiger partial charge in [0.15, 0.2) is 5.65 Å². The van der Waals surface area contributed by atoms with Crippen LogP contribution in [-0.4, -0.2) is 45.0 Å². The molecule has 31 heavy (non-hydrogen) atoms. The zero-order chi connectivity index (χ0) is 21.6. The zero-order valence-corrected chi connectivity index (χ0v) is 17.8. The Morgan fingerprint density at radius 1 is 1.13 bits per heavy atom. The number of fused-ring (bicyclic) bond motifs is 1. The number of hydrogen-bond donors (Lipinski definition) is 2. The molecule has 0 saturated heterocycles. The van der Waals surface area contributed by atoms with Crippen molar-refractivity contribution in [3.63, 3.8) is 0 Å². The molecule has 0 fully saturated rings. The number of amides is 1. The number of aromatic nitrogens is 5. The first-order chi connectivity index (χ1) is 15.2. The predicted molar refractivity (Wildman–Crippen MR) is 116 cm³/mol. The van der Waals surface area contributed by atoms with Gasteiger partial charge in [0.05, 0.1) is 31.9 Å². The maximum absolute atomic E-state index is 10.5. The Bertz CT molecular complexity index is 1190. The van der Waals surface area contributed by atoms with Crippen LogP contribution in [0.1, 0.15) is 11.1 Å². The number of carbonyl (C=O) groups is 1. The van der Waals surface area contributed by atoms with E-state index in [1.807, 2.05) is 42.6 Å². The van der Waals surface area contributed by atoms with Crippen LogP contribution in [-0.2, 0) is 17.9 Å². The summed E-state index contributed by atoms with van der Waals surface area (Å²) < 4.78 is 17.8. The van der Waals surface area contributed by atoms with Crippen molar-refractivity contribution in [1.29, 1.82) is 0 Å². The molecular formula is C20H21N7O3S. The van der Waals surface area contributed by atoms with Crippen LogP contribution in [0.5, 0.6) is 11.6 Å². The van der Waals surface area contributed by atoms with Gasteiger partial charge in [-0.1, -0.05) is 12.1 Å². The molecule has 2 N–H and O–H groups in total. The standard InChI is InChI=1S/C20H21N7O3S/c1-29-16-5-3-4-6-17(16)31-25-20-24-23-18-7-14(8-19(30-2)27(18)20)11-26-12-15(10-22-26)9-21-13-28/h3-8,10,12-13H,9,11H2,1-2H3,(H,21,28)(H,24,25). The Kier molecular flexibility index (Phi) is 6.22. The van der Waals surface area contributed by atoms with Crippen molar-refractivity contribution in [2.75, 3.05) is 18.9 Å². The van der Waals surface area contributed by atoms with E-state index in [1.54, 1.807) is 29.5 Å². The van der Waals surface area contributed by atoms with Crippen molar-refractivity contribution >= 4 is 30.0 Å². The summed E-state index contributed by atoms with van der Waals surface area (Å²) in [7, 11) is 3.24. The van der Waals surface area contributed by atoms with E-state index >= 15 is 0 Å². The highest BCUT2D eigenvalue weighted by atomic mass is 32.2. The number of nitrogens with zero attached hydrogens (tertiary/aromatic N) is 5. The van der Waals surface area contributed by atoms with E-state index < -0.39 is 0 Å². The van der Waals surface area contributed by atoms with Gasteiger partial charge in [0.1, 0.15) is 5.75 Å². The molecule has 10 nitrogen and oxygen atoms in total. The van der Waals surface area contributed by atoms with Gasteiger partial charge >= 0.3 is 0 Å². The predicted octanol–water partition coefficient (Wildman–Crippen LogP) is 2.36. The molecular weight excluding hydrogens is 418 g/mol. The number of benzene rings is 1. The van der Waals surface area contributed by atoms with E-state index in [0.29, 0.717) is 37.0 Å². The Morgan fingerprint density at radius 2 is 2.00 bits per heavy atom. The second-order valence-corrected chi connectivity index (χ2v) is 7.37. The number of para-hydroxylation sites is 1. The van der Waals surface area contributed by atoms with E-state index in [-0.39, 0.29) is 0 Å². The molecule has 0 bridgehead atoms. The highest BCUT2D eigenvalue weighted by Crippen LogP contribution is 2.30. The van der Waals surface area contributed by atoms with Crippen LogP contribution < -0.4 is 19.5 Å². The molecule has 0 aliphatic heterocycles. The second kappa shape index (κ2) is 9.39. The molecule has 1 aromatic carbocycles. The average Bonchev–Trinajstić information content (AvgIpc) is 3.42. The molecule has 3 aromatic heterocycles. The summed E-state index contributed by atoms with van der Waals surface area (Å²) in [5, 5.41) is 15.5. The van der Waals surface area contributed by atoms with E-state index in [4.69, 9.17) is 9.47 Å². The molecule has 4 aromatic rings. The van der Waals surface area contributed by atoms with Crippen LogP contribution in [0.25, 0.3) is 5.65 Å². The molecule has 11 heteroatoms. The second-order valence-electron chi connectivity index (χ2n) is 6.52. The fourth-order valence-corrected chi connectivity index (χ4v) is 3.81. The molecule has 4 rings (SSSR count). The minimum absolute atomic E-state index is 0.439. The van der Waals surface area contributed by atoms with Gasteiger partial charge in [0.2, 0.25) is 18.2 Å². The number of rotatable bonds is 10. The normalized spacial score (nSPS) is 10.8. The maximum atomic E-state index is 10.5. The van der Waals surface area contributed by atoms with Crippen molar-refractivity contribution in [3.8, 4) is 11.6 Å². The number of hydrogen-bond acceptors (Lipinski definition) is 8. The average molecular weight is 440 g/mol. The molecule has 3 heterocycles. The molecule has 0 saturated carbocycles. The lowest BCUT2D eigenvalue weighted by Gasteiger charge is -2.11. The van der Waals surface area contributed by atoms with Crippen molar-refractivity contribution in [3.05, 3.63) is 59.9 Å². The topological polar surface area (TPSA) is 108 Å².